The lowest BCUT2D eigenvalue weighted by atomic mass is 9.96. The van der Waals surface area contributed by atoms with E-state index in [-0.39, 0.29) is 23.5 Å². The molecule has 1 N–H and O–H groups in total. The number of carbonyl (C=O) groups excluding carboxylic acids is 1. The van der Waals surface area contributed by atoms with Crippen LogP contribution >= 0.6 is 11.3 Å². The van der Waals surface area contributed by atoms with Gasteiger partial charge in [0.25, 0.3) is 5.56 Å². The number of aromatic hydroxyl groups is 1. The standard InChI is InChI=1S/C32H30N2O7S/c1-5-40-31(37)28-19(2)34-30(36)27(16-21-11-13-23(35)25(15-21)38-3)42-32(34)33-29(28)22-12-14-24(26(17-22)39-4)41-18-20-9-7-6-8-10-20/h6-17,29,35H,5,18H2,1-4H3/b27-16-/t29-/m1/s1. The Morgan fingerprint density at radius 1 is 1.02 bits per heavy atom. The molecule has 0 aliphatic carbocycles. The number of hydrogen-bond acceptors (Lipinski definition) is 9. The van der Waals surface area contributed by atoms with Crippen LogP contribution in [0.25, 0.3) is 11.8 Å². The van der Waals surface area contributed by atoms with Crippen molar-refractivity contribution in [3.8, 4) is 23.0 Å². The van der Waals surface area contributed by atoms with Gasteiger partial charge in [-0.3, -0.25) is 9.36 Å². The number of esters is 1. The average molecular weight is 587 g/mol. The summed E-state index contributed by atoms with van der Waals surface area (Å²) in [4.78, 5) is 32.1. The number of fused-ring (bicyclic) bond motifs is 1. The lowest BCUT2D eigenvalue weighted by Crippen LogP contribution is -2.35. The van der Waals surface area contributed by atoms with Gasteiger partial charge in [-0.2, -0.15) is 0 Å². The summed E-state index contributed by atoms with van der Waals surface area (Å²) in [6.45, 7) is 3.98. The Labute approximate surface area is 246 Å². The van der Waals surface area contributed by atoms with Crippen LogP contribution in [0.1, 0.15) is 36.6 Å². The Morgan fingerprint density at radius 3 is 2.50 bits per heavy atom. The van der Waals surface area contributed by atoms with Gasteiger partial charge in [-0.15, -0.1) is 0 Å². The smallest absolute Gasteiger partial charge is 0.338 e. The van der Waals surface area contributed by atoms with Crippen LogP contribution in [0, 0.1) is 0 Å². The normalized spacial score (nSPS) is 14.7. The van der Waals surface area contributed by atoms with Crippen LogP contribution in [0.15, 0.2) is 82.1 Å². The minimum absolute atomic E-state index is 0.000503. The summed E-state index contributed by atoms with van der Waals surface area (Å²) in [5, 5.41) is 9.94. The maximum Gasteiger partial charge on any atom is 0.338 e. The summed E-state index contributed by atoms with van der Waals surface area (Å²) in [6.07, 6.45) is 1.70. The number of benzene rings is 3. The maximum absolute atomic E-state index is 13.5. The van der Waals surface area contributed by atoms with Gasteiger partial charge in [-0.25, -0.2) is 9.79 Å². The van der Waals surface area contributed by atoms with Gasteiger partial charge in [-0.05, 0) is 60.9 Å². The van der Waals surface area contributed by atoms with E-state index in [2.05, 4.69) is 0 Å². The molecule has 0 bridgehead atoms. The van der Waals surface area contributed by atoms with Crippen LogP contribution in [0.4, 0.5) is 0 Å². The number of thiazole rings is 1. The van der Waals surface area contributed by atoms with E-state index in [0.29, 0.717) is 50.0 Å². The molecule has 0 fully saturated rings. The Balaban J connectivity index is 1.59. The Bertz CT molecular complexity index is 1840. The van der Waals surface area contributed by atoms with Gasteiger partial charge in [0, 0.05) is 5.70 Å². The first-order valence-electron chi connectivity index (χ1n) is 13.3. The first kappa shape index (κ1) is 28.7. The molecule has 10 heteroatoms. The molecule has 5 rings (SSSR count). The zero-order chi connectivity index (χ0) is 29.8. The average Bonchev–Trinajstić information content (AvgIpc) is 3.32. The van der Waals surface area contributed by atoms with E-state index >= 15 is 0 Å². The lowest BCUT2D eigenvalue weighted by molar-refractivity contribution is -0.138. The third kappa shape index (κ3) is 5.66. The Kier molecular flexibility index (Phi) is 8.44. The zero-order valence-electron chi connectivity index (χ0n) is 23.6. The van der Waals surface area contributed by atoms with Gasteiger partial charge in [0.2, 0.25) is 0 Å². The number of rotatable bonds is 9. The molecule has 9 nitrogen and oxygen atoms in total. The van der Waals surface area contributed by atoms with Crippen molar-refractivity contribution in [2.75, 3.05) is 20.8 Å². The molecule has 0 spiro atoms. The summed E-state index contributed by atoms with van der Waals surface area (Å²) in [5.74, 6) is 0.780. The molecule has 42 heavy (non-hydrogen) atoms. The molecule has 3 aromatic carbocycles. The van der Waals surface area contributed by atoms with Gasteiger partial charge in [0.1, 0.15) is 12.6 Å². The number of hydrogen-bond donors (Lipinski definition) is 1. The predicted octanol–water partition coefficient (Wildman–Crippen LogP) is 4.21. The Hall–Kier alpha value is -4.83. The van der Waals surface area contributed by atoms with Crippen LogP contribution < -0.4 is 29.1 Å². The van der Waals surface area contributed by atoms with Crippen molar-refractivity contribution in [2.24, 2.45) is 4.99 Å². The molecule has 2 heterocycles. The second-order valence-electron chi connectivity index (χ2n) is 9.40. The molecule has 0 radical (unpaired) electrons. The molecule has 0 saturated carbocycles. The van der Waals surface area contributed by atoms with E-state index in [1.807, 2.05) is 36.4 Å². The quantitative estimate of drug-likeness (QED) is 0.293. The highest BCUT2D eigenvalue weighted by Crippen LogP contribution is 2.37. The summed E-state index contributed by atoms with van der Waals surface area (Å²) in [5.41, 5.74) is 2.76. The summed E-state index contributed by atoms with van der Waals surface area (Å²) >= 11 is 1.21. The molecular weight excluding hydrogens is 556 g/mol. The van der Waals surface area contributed by atoms with Gasteiger partial charge in [0.05, 0.1) is 30.9 Å². The third-order valence-electron chi connectivity index (χ3n) is 6.78. The first-order valence-corrected chi connectivity index (χ1v) is 14.1. The van der Waals surface area contributed by atoms with Crippen molar-refractivity contribution < 1.29 is 28.8 Å². The van der Waals surface area contributed by atoms with Crippen molar-refractivity contribution >= 4 is 29.1 Å². The van der Waals surface area contributed by atoms with Crippen molar-refractivity contribution in [1.82, 2.24) is 4.57 Å². The second-order valence-corrected chi connectivity index (χ2v) is 10.4. The van der Waals surface area contributed by atoms with E-state index in [0.717, 1.165) is 5.56 Å². The van der Waals surface area contributed by atoms with E-state index in [1.165, 1.54) is 29.1 Å². The van der Waals surface area contributed by atoms with Crippen molar-refractivity contribution in [3.05, 3.63) is 109 Å². The number of phenols is 1. The molecule has 1 atom stereocenters. The molecule has 4 aromatic rings. The first-order chi connectivity index (χ1) is 20.3. The van der Waals surface area contributed by atoms with E-state index in [9.17, 15) is 14.7 Å². The van der Waals surface area contributed by atoms with Crippen LogP contribution in [0.5, 0.6) is 23.0 Å². The summed E-state index contributed by atoms with van der Waals surface area (Å²) in [6, 6.07) is 19.3. The summed E-state index contributed by atoms with van der Waals surface area (Å²) in [7, 11) is 3.01. The number of allylic oxidation sites excluding steroid dienone is 1. The molecule has 0 unspecified atom stereocenters. The monoisotopic (exact) mass is 586 g/mol. The third-order valence-corrected chi connectivity index (χ3v) is 7.76. The van der Waals surface area contributed by atoms with E-state index in [4.69, 9.17) is 23.9 Å². The number of nitrogens with zero attached hydrogens (tertiary/aromatic N) is 2. The molecule has 1 aromatic heterocycles. The zero-order valence-corrected chi connectivity index (χ0v) is 24.4. The van der Waals surface area contributed by atoms with Crippen LogP contribution in [0.3, 0.4) is 0 Å². The van der Waals surface area contributed by atoms with E-state index in [1.54, 1.807) is 51.3 Å². The molecular formula is C32H30N2O7S. The highest BCUT2D eigenvalue weighted by atomic mass is 32.1. The number of methoxy groups -OCH3 is 2. The maximum atomic E-state index is 13.5. The molecule has 1 aliphatic heterocycles. The minimum Gasteiger partial charge on any atom is -0.504 e. The van der Waals surface area contributed by atoms with Crippen molar-refractivity contribution in [1.29, 1.82) is 0 Å². The van der Waals surface area contributed by atoms with Gasteiger partial charge < -0.3 is 24.1 Å². The molecule has 0 amide bonds. The largest absolute Gasteiger partial charge is 0.504 e. The van der Waals surface area contributed by atoms with Gasteiger partial charge >= 0.3 is 5.97 Å². The fourth-order valence-corrected chi connectivity index (χ4v) is 5.74. The summed E-state index contributed by atoms with van der Waals surface area (Å²) < 4.78 is 24.1. The molecule has 0 saturated heterocycles. The van der Waals surface area contributed by atoms with Gasteiger partial charge in [-0.1, -0.05) is 53.8 Å². The SMILES string of the molecule is CCOC(=O)C1=C(C)n2c(s/c(=C\c3ccc(O)c(OC)c3)c2=O)=N[C@@H]1c1ccc(OCc2ccccc2)c(OC)c1. The van der Waals surface area contributed by atoms with Gasteiger partial charge in [0.15, 0.2) is 27.8 Å². The highest BCUT2D eigenvalue weighted by Gasteiger charge is 2.32. The topological polar surface area (TPSA) is 109 Å². The number of ether oxygens (including phenoxy) is 4. The van der Waals surface area contributed by atoms with E-state index < -0.39 is 12.0 Å². The number of aromatic nitrogens is 1. The highest BCUT2D eigenvalue weighted by molar-refractivity contribution is 7.07. The molecule has 216 valence electrons. The number of carbonyl (C=O) groups is 1. The second kappa shape index (κ2) is 12.4. The molecule has 1 aliphatic rings. The lowest BCUT2D eigenvalue weighted by Gasteiger charge is -2.23. The van der Waals surface area contributed by atoms with Crippen LogP contribution in [-0.4, -0.2) is 36.5 Å². The fraction of sp³-hybridized carbons (Fsp3) is 0.219. The Morgan fingerprint density at radius 2 is 1.79 bits per heavy atom. The van der Waals surface area contributed by atoms with Crippen LogP contribution in [-0.2, 0) is 16.1 Å². The van der Waals surface area contributed by atoms with Crippen molar-refractivity contribution in [3.63, 3.8) is 0 Å². The van der Waals surface area contributed by atoms with Crippen LogP contribution in [0.2, 0.25) is 0 Å². The fourth-order valence-electron chi connectivity index (χ4n) is 4.70. The van der Waals surface area contributed by atoms with Crippen molar-refractivity contribution in [2.45, 2.75) is 26.5 Å². The minimum atomic E-state index is -0.735. The number of phenolic OH excluding ortho intramolecular Hbond substituents is 1. The predicted molar refractivity (Wildman–Crippen MR) is 160 cm³/mol.